The van der Waals surface area contributed by atoms with Crippen molar-refractivity contribution >= 4 is 111 Å². The van der Waals surface area contributed by atoms with Gasteiger partial charge in [-0.2, -0.15) is 31.4 Å². The molecule has 0 radical (unpaired) electrons. The van der Waals surface area contributed by atoms with Crippen LogP contribution >= 0.6 is 57.1 Å². The molecule has 8 rings (SSSR count). The molecular formula is C26H12N2S5. The van der Waals surface area contributed by atoms with Crippen LogP contribution in [0.4, 0.5) is 0 Å². The van der Waals surface area contributed by atoms with Gasteiger partial charge < -0.3 is 0 Å². The van der Waals surface area contributed by atoms with Crippen LogP contribution in [0, 0.1) is 0 Å². The maximum atomic E-state index is 4.77. The normalized spacial score (nSPS) is 12.2. The second kappa shape index (κ2) is 6.91. The lowest BCUT2D eigenvalue weighted by atomic mass is 10.00. The quantitative estimate of drug-likeness (QED) is 0.230. The van der Waals surface area contributed by atoms with E-state index in [1.807, 2.05) is 0 Å². The molecule has 7 heteroatoms. The number of hydrogen-bond donors (Lipinski definition) is 0. The highest BCUT2D eigenvalue weighted by atomic mass is 32.1. The zero-order valence-electron chi connectivity index (χ0n) is 16.9. The minimum absolute atomic E-state index is 1.00. The lowest BCUT2D eigenvalue weighted by Crippen LogP contribution is -1.83. The van der Waals surface area contributed by atoms with E-state index in [1.165, 1.54) is 75.7 Å². The third kappa shape index (κ3) is 2.57. The van der Waals surface area contributed by atoms with Gasteiger partial charge in [-0.25, -0.2) is 0 Å². The summed E-state index contributed by atoms with van der Waals surface area (Å²) in [7, 11) is 0. The van der Waals surface area contributed by atoms with Crippen molar-refractivity contribution in [3.63, 3.8) is 0 Å². The van der Waals surface area contributed by atoms with Crippen molar-refractivity contribution in [3.05, 3.63) is 68.7 Å². The molecule has 0 aliphatic heterocycles. The van der Waals surface area contributed by atoms with Gasteiger partial charge in [-0.05, 0) is 43.1 Å². The van der Waals surface area contributed by atoms with Crippen molar-refractivity contribution in [2.24, 2.45) is 0 Å². The molecule has 0 atom stereocenters. The molecule has 0 saturated carbocycles. The van der Waals surface area contributed by atoms with Crippen LogP contribution in [-0.4, -0.2) is 8.75 Å². The van der Waals surface area contributed by atoms with Gasteiger partial charge in [0.1, 0.15) is 11.0 Å². The Balaban J connectivity index is 1.37. The second-order valence-electron chi connectivity index (χ2n) is 8.05. The smallest absolute Gasteiger partial charge is 0.114 e. The van der Waals surface area contributed by atoms with Crippen LogP contribution in [-0.2, 0) is 0 Å². The van der Waals surface area contributed by atoms with E-state index >= 15 is 0 Å². The number of aromatic nitrogens is 2. The Kier molecular flexibility index (Phi) is 3.92. The van der Waals surface area contributed by atoms with Gasteiger partial charge in [-0.15, -0.1) is 22.7 Å². The average Bonchev–Trinajstić information content (AvgIpc) is 3.64. The van der Waals surface area contributed by atoms with Crippen LogP contribution in [0.15, 0.2) is 68.7 Å². The summed E-state index contributed by atoms with van der Waals surface area (Å²) >= 11 is 8.45. The fraction of sp³-hybridized carbons (Fsp3) is 0. The topological polar surface area (TPSA) is 25.8 Å². The van der Waals surface area contributed by atoms with Gasteiger partial charge in [-0.1, -0.05) is 36.4 Å². The molecule has 0 spiro atoms. The lowest BCUT2D eigenvalue weighted by molar-refractivity contribution is 1.64. The molecular weight excluding hydrogens is 501 g/mol. The van der Waals surface area contributed by atoms with Gasteiger partial charge in [0.05, 0.1) is 11.7 Å². The van der Waals surface area contributed by atoms with Crippen LogP contribution in [0.25, 0.3) is 75.0 Å². The zero-order valence-corrected chi connectivity index (χ0v) is 20.9. The SMILES string of the molecule is c1cc(-c2scc3c2ccc2cscc23)c2nsnc2c1-c1scc2c1ccc1cscc12. The maximum absolute atomic E-state index is 4.77. The molecule has 3 aromatic carbocycles. The number of nitrogens with zero attached hydrogens (tertiary/aromatic N) is 2. The minimum atomic E-state index is 1.00. The molecule has 0 unspecified atom stereocenters. The summed E-state index contributed by atoms with van der Waals surface area (Å²) in [6.45, 7) is 0. The van der Waals surface area contributed by atoms with E-state index in [0.29, 0.717) is 0 Å². The van der Waals surface area contributed by atoms with Crippen LogP contribution in [0.2, 0.25) is 0 Å². The van der Waals surface area contributed by atoms with Crippen molar-refractivity contribution in [1.29, 1.82) is 0 Å². The molecule has 8 aromatic rings. The van der Waals surface area contributed by atoms with Crippen molar-refractivity contribution in [2.75, 3.05) is 0 Å². The fourth-order valence-corrected chi connectivity index (χ4v) is 9.17. The fourth-order valence-electron chi connectivity index (χ4n) is 4.79. The predicted octanol–water partition coefficient (Wildman–Crippen LogP) is 9.88. The van der Waals surface area contributed by atoms with Gasteiger partial charge in [-0.3, -0.25) is 0 Å². The summed E-state index contributed by atoms with van der Waals surface area (Å²) in [5.74, 6) is 0. The van der Waals surface area contributed by atoms with E-state index in [2.05, 4.69) is 68.7 Å². The van der Waals surface area contributed by atoms with E-state index in [9.17, 15) is 0 Å². The van der Waals surface area contributed by atoms with Gasteiger partial charge in [0.2, 0.25) is 0 Å². The van der Waals surface area contributed by atoms with Gasteiger partial charge in [0, 0.05) is 53.2 Å². The number of rotatable bonds is 2. The van der Waals surface area contributed by atoms with Crippen molar-refractivity contribution in [3.8, 4) is 20.9 Å². The highest BCUT2D eigenvalue weighted by Gasteiger charge is 2.19. The maximum Gasteiger partial charge on any atom is 0.114 e. The van der Waals surface area contributed by atoms with E-state index in [4.69, 9.17) is 8.75 Å². The van der Waals surface area contributed by atoms with Crippen molar-refractivity contribution in [1.82, 2.24) is 8.75 Å². The Morgan fingerprint density at radius 3 is 1.48 bits per heavy atom. The molecule has 5 heterocycles. The molecule has 0 bridgehead atoms. The van der Waals surface area contributed by atoms with Gasteiger partial charge >= 0.3 is 0 Å². The van der Waals surface area contributed by atoms with E-state index in [-0.39, 0.29) is 0 Å². The molecule has 156 valence electrons. The van der Waals surface area contributed by atoms with Crippen molar-refractivity contribution in [2.45, 2.75) is 0 Å². The highest BCUT2D eigenvalue weighted by Crippen LogP contribution is 2.45. The molecule has 0 fully saturated rings. The summed E-state index contributed by atoms with van der Waals surface area (Å²) in [5.41, 5.74) is 4.37. The first-order valence-electron chi connectivity index (χ1n) is 10.3. The monoisotopic (exact) mass is 512 g/mol. The average molecular weight is 513 g/mol. The highest BCUT2D eigenvalue weighted by molar-refractivity contribution is 7.16. The Morgan fingerprint density at radius 1 is 0.455 bits per heavy atom. The molecule has 0 aliphatic carbocycles. The van der Waals surface area contributed by atoms with Gasteiger partial charge in [0.25, 0.3) is 0 Å². The van der Waals surface area contributed by atoms with E-state index < -0.39 is 0 Å². The summed E-state index contributed by atoms with van der Waals surface area (Å²) in [4.78, 5) is 2.55. The summed E-state index contributed by atoms with van der Waals surface area (Å²) < 4.78 is 9.54. The Labute approximate surface area is 208 Å². The number of fused-ring (bicyclic) bond motifs is 7. The van der Waals surface area contributed by atoms with E-state index in [1.54, 1.807) is 45.3 Å². The first kappa shape index (κ1) is 18.7. The summed E-state index contributed by atoms with van der Waals surface area (Å²) in [6, 6.07) is 13.5. The first-order chi connectivity index (χ1) is 16.4. The van der Waals surface area contributed by atoms with E-state index in [0.717, 1.165) is 11.0 Å². The molecule has 0 aliphatic rings. The summed E-state index contributed by atoms with van der Waals surface area (Å²) in [6.07, 6.45) is 0. The van der Waals surface area contributed by atoms with Crippen LogP contribution in [0.5, 0.6) is 0 Å². The minimum Gasteiger partial charge on any atom is -0.172 e. The third-order valence-corrected chi connectivity index (χ3v) is 10.5. The standard InChI is InChI=1S/C26H12N2S5/c1-3-15-21(19-9-29-7-13(1)19)11-31-25(15)17-5-6-18(24-23(17)27-33-28-24)26-16-4-2-14-8-30-10-20(14)22(16)12-32-26/h1-12H. The Hall–Kier alpha value is -2.68. The van der Waals surface area contributed by atoms with Crippen LogP contribution < -0.4 is 0 Å². The molecule has 0 N–H and O–H groups in total. The van der Waals surface area contributed by atoms with Crippen LogP contribution in [0.3, 0.4) is 0 Å². The third-order valence-electron chi connectivity index (χ3n) is 6.39. The molecule has 5 aromatic heterocycles. The summed E-state index contributed by atoms with van der Waals surface area (Å²) in [5, 5.41) is 24.1. The molecule has 0 amide bonds. The predicted molar refractivity (Wildman–Crippen MR) is 150 cm³/mol. The molecule has 0 saturated heterocycles. The Bertz CT molecular complexity index is 1850. The van der Waals surface area contributed by atoms with Crippen molar-refractivity contribution < 1.29 is 0 Å². The molecule has 2 nitrogen and oxygen atoms in total. The number of thiophene rings is 4. The lowest BCUT2D eigenvalue weighted by Gasteiger charge is -2.06. The largest absolute Gasteiger partial charge is 0.172 e. The van der Waals surface area contributed by atoms with Crippen LogP contribution in [0.1, 0.15) is 0 Å². The molecule has 33 heavy (non-hydrogen) atoms. The number of hydrogen-bond acceptors (Lipinski definition) is 7. The second-order valence-corrected chi connectivity index (χ2v) is 11.8. The van der Waals surface area contributed by atoms with Gasteiger partial charge in [0.15, 0.2) is 0 Å². The number of benzene rings is 3. The Morgan fingerprint density at radius 2 is 0.970 bits per heavy atom. The first-order valence-corrected chi connectivity index (χ1v) is 14.7. The zero-order chi connectivity index (χ0) is 21.5.